The first-order valence-electron chi connectivity index (χ1n) is 6.93. The van der Waals surface area contributed by atoms with E-state index in [9.17, 15) is 0 Å². The van der Waals surface area contributed by atoms with Gasteiger partial charge in [-0.25, -0.2) is 4.68 Å². The molecule has 0 amide bonds. The average molecular weight is 251 g/mol. The first-order valence-corrected chi connectivity index (χ1v) is 6.93. The van der Waals surface area contributed by atoms with Crippen LogP contribution in [0.3, 0.4) is 0 Å². The highest BCUT2D eigenvalue weighted by atomic mass is 16.5. The second kappa shape index (κ2) is 5.74. The molecule has 0 spiro atoms. The fourth-order valence-corrected chi connectivity index (χ4v) is 2.99. The summed E-state index contributed by atoms with van der Waals surface area (Å²) in [6.07, 6.45) is 5.38. The second-order valence-electron chi connectivity index (χ2n) is 5.45. The lowest BCUT2D eigenvalue weighted by atomic mass is 9.86. The van der Waals surface area contributed by atoms with Crippen LogP contribution in [0.5, 0.6) is 5.88 Å². The number of nitrogens with zero attached hydrogens (tertiary/aromatic N) is 2. The second-order valence-corrected chi connectivity index (χ2v) is 5.45. The third-order valence-electron chi connectivity index (χ3n) is 4.13. The highest BCUT2D eigenvalue weighted by Crippen LogP contribution is 2.25. The molecule has 4 heteroatoms. The molecule has 2 atom stereocenters. The minimum Gasteiger partial charge on any atom is -0.481 e. The van der Waals surface area contributed by atoms with Gasteiger partial charge in [0.1, 0.15) is 0 Å². The monoisotopic (exact) mass is 251 g/mol. The Morgan fingerprint density at radius 3 is 2.78 bits per heavy atom. The van der Waals surface area contributed by atoms with Gasteiger partial charge in [0, 0.05) is 19.6 Å². The van der Waals surface area contributed by atoms with E-state index in [4.69, 9.17) is 4.74 Å². The molecule has 1 N–H and O–H groups in total. The molecule has 1 fully saturated rings. The Morgan fingerprint density at radius 2 is 2.11 bits per heavy atom. The third kappa shape index (κ3) is 2.69. The van der Waals surface area contributed by atoms with E-state index in [2.05, 4.69) is 17.3 Å². The lowest BCUT2D eigenvalue weighted by Gasteiger charge is -2.29. The SMILES string of the molecule is COc1c(CN[C@H]2CCCC[C@@H]2C)c(C)nn1C. The summed E-state index contributed by atoms with van der Waals surface area (Å²) in [4.78, 5) is 0. The molecule has 1 saturated carbocycles. The smallest absolute Gasteiger partial charge is 0.216 e. The largest absolute Gasteiger partial charge is 0.481 e. The maximum Gasteiger partial charge on any atom is 0.216 e. The van der Waals surface area contributed by atoms with Crippen molar-refractivity contribution in [3.63, 3.8) is 0 Å². The molecule has 0 aliphatic heterocycles. The Labute approximate surface area is 110 Å². The Morgan fingerprint density at radius 1 is 1.39 bits per heavy atom. The van der Waals surface area contributed by atoms with E-state index in [0.717, 1.165) is 24.0 Å². The van der Waals surface area contributed by atoms with Crippen LogP contribution in [0.15, 0.2) is 0 Å². The summed E-state index contributed by atoms with van der Waals surface area (Å²) >= 11 is 0. The number of ether oxygens (including phenoxy) is 1. The third-order valence-corrected chi connectivity index (χ3v) is 4.13. The van der Waals surface area contributed by atoms with Crippen LogP contribution in [0.4, 0.5) is 0 Å². The topological polar surface area (TPSA) is 39.1 Å². The summed E-state index contributed by atoms with van der Waals surface area (Å²) in [5.74, 6) is 1.66. The minimum absolute atomic E-state index is 0.642. The van der Waals surface area contributed by atoms with E-state index in [0.29, 0.717) is 6.04 Å². The molecule has 1 aromatic heterocycles. The van der Waals surface area contributed by atoms with Gasteiger partial charge in [-0.2, -0.15) is 5.10 Å². The van der Waals surface area contributed by atoms with Gasteiger partial charge in [0.2, 0.25) is 5.88 Å². The zero-order valence-corrected chi connectivity index (χ0v) is 12.0. The number of nitrogens with one attached hydrogen (secondary N) is 1. The zero-order chi connectivity index (χ0) is 13.1. The molecule has 18 heavy (non-hydrogen) atoms. The van der Waals surface area contributed by atoms with Gasteiger partial charge < -0.3 is 10.1 Å². The Bertz CT molecular complexity index is 400. The molecule has 0 radical (unpaired) electrons. The Kier molecular flexibility index (Phi) is 4.27. The zero-order valence-electron chi connectivity index (χ0n) is 12.0. The van der Waals surface area contributed by atoms with Crippen molar-refractivity contribution in [2.45, 2.75) is 52.1 Å². The molecule has 1 aliphatic rings. The normalized spacial score (nSPS) is 24.2. The van der Waals surface area contributed by atoms with Gasteiger partial charge in [0.15, 0.2) is 0 Å². The van der Waals surface area contributed by atoms with Crippen LogP contribution in [-0.2, 0) is 13.6 Å². The predicted molar refractivity (Wildman–Crippen MR) is 72.8 cm³/mol. The van der Waals surface area contributed by atoms with Gasteiger partial charge in [0.05, 0.1) is 18.4 Å². The summed E-state index contributed by atoms with van der Waals surface area (Å²) in [5, 5.41) is 8.10. The average Bonchev–Trinajstić information content (AvgIpc) is 2.62. The standard InChI is InChI=1S/C14H25N3O/c1-10-7-5-6-8-13(10)15-9-12-11(2)16-17(3)14(12)18-4/h10,13,15H,5-9H2,1-4H3/t10-,13-/m0/s1. The molecule has 0 unspecified atom stereocenters. The van der Waals surface area contributed by atoms with Gasteiger partial charge >= 0.3 is 0 Å². The van der Waals surface area contributed by atoms with Crippen LogP contribution in [0.1, 0.15) is 43.9 Å². The number of hydrogen-bond acceptors (Lipinski definition) is 3. The van der Waals surface area contributed by atoms with Crippen molar-refractivity contribution >= 4 is 0 Å². The molecule has 2 rings (SSSR count). The van der Waals surface area contributed by atoms with Crippen LogP contribution in [0, 0.1) is 12.8 Å². The van der Waals surface area contributed by atoms with Crippen molar-refractivity contribution in [3.05, 3.63) is 11.3 Å². The van der Waals surface area contributed by atoms with Gasteiger partial charge in [-0.05, 0) is 25.7 Å². The van der Waals surface area contributed by atoms with Gasteiger partial charge in [-0.3, -0.25) is 0 Å². The van der Waals surface area contributed by atoms with Crippen LogP contribution in [-0.4, -0.2) is 22.9 Å². The highest BCUT2D eigenvalue weighted by Gasteiger charge is 2.22. The first kappa shape index (κ1) is 13.4. The summed E-state index contributed by atoms with van der Waals surface area (Å²) in [7, 11) is 3.64. The molecule has 0 saturated heterocycles. The quantitative estimate of drug-likeness (QED) is 0.893. The summed E-state index contributed by atoms with van der Waals surface area (Å²) in [5.41, 5.74) is 2.25. The van der Waals surface area contributed by atoms with E-state index in [-0.39, 0.29) is 0 Å². The summed E-state index contributed by atoms with van der Waals surface area (Å²) < 4.78 is 7.24. The minimum atomic E-state index is 0.642. The van der Waals surface area contributed by atoms with Gasteiger partial charge in [0.25, 0.3) is 0 Å². The van der Waals surface area contributed by atoms with Crippen LogP contribution in [0.2, 0.25) is 0 Å². The van der Waals surface area contributed by atoms with Crippen molar-refractivity contribution < 1.29 is 4.74 Å². The van der Waals surface area contributed by atoms with Crippen molar-refractivity contribution in [2.24, 2.45) is 13.0 Å². The lowest BCUT2D eigenvalue weighted by Crippen LogP contribution is -2.36. The highest BCUT2D eigenvalue weighted by molar-refractivity contribution is 5.30. The fourth-order valence-electron chi connectivity index (χ4n) is 2.99. The number of hydrogen-bond donors (Lipinski definition) is 1. The number of aromatic nitrogens is 2. The number of methoxy groups -OCH3 is 1. The van der Waals surface area contributed by atoms with Crippen molar-refractivity contribution in [1.82, 2.24) is 15.1 Å². The molecule has 1 aromatic rings. The van der Waals surface area contributed by atoms with Crippen LogP contribution < -0.4 is 10.1 Å². The lowest BCUT2D eigenvalue weighted by molar-refractivity contribution is 0.277. The number of aryl methyl sites for hydroxylation is 2. The molecular weight excluding hydrogens is 226 g/mol. The van der Waals surface area contributed by atoms with Crippen molar-refractivity contribution in [1.29, 1.82) is 0 Å². The molecule has 1 heterocycles. The molecule has 4 nitrogen and oxygen atoms in total. The van der Waals surface area contributed by atoms with E-state index in [1.54, 1.807) is 7.11 Å². The van der Waals surface area contributed by atoms with Crippen LogP contribution >= 0.6 is 0 Å². The summed E-state index contributed by atoms with van der Waals surface area (Å²) in [6, 6.07) is 0.642. The Balaban J connectivity index is 2.01. The van der Waals surface area contributed by atoms with Crippen LogP contribution in [0.25, 0.3) is 0 Å². The molecular formula is C14H25N3O. The molecule has 1 aliphatic carbocycles. The summed E-state index contributed by atoms with van der Waals surface area (Å²) in [6.45, 7) is 5.26. The molecule has 0 bridgehead atoms. The van der Waals surface area contributed by atoms with Gasteiger partial charge in [-0.15, -0.1) is 0 Å². The Hall–Kier alpha value is -1.03. The fraction of sp³-hybridized carbons (Fsp3) is 0.786. The maximum absolute atomic E-state index is 5.42. The van der Waals surface area contributed by atoms with E-state index >= 15 is 0 Å². The maximum atomic E-state index is 5.42. The van der Waals surface area contributed by atoms with E-state index in [1.165, 1.54) is 31.2 Å². The number of rotatable bonds is 4. The molecule has 0 aromatic carbocycles. The van der Waals surface area contributed by atoms with Crippen molar-refractivity contribution in [3.8, 4) is 5.88 Å². The first-order chi connectivity index (χ1) is 8.63. The van der Waals surface area contributed by atoms with Gasteiger partial charge in [-0.1, -0.05) is 19.8 Å². The van der Waals surface area contributed by atoms with Crippen molar-refractivity contribution in [2.75, 3.05) is 7.11 Å². The molecule has 102 valence electrons. The van der Waals surface area contributed by atoms with E-state index in [1.807, 2.05) is 18.7 Å². The predicted octanol–water partition coefficient (Wildman–Crippen LogP) is 2.41. The van der Waals surface area contributed by atoms with E-state index < -0.39 is 0 Å².